The van der Waals surface area contributed by atoms with E-state index < -0.39 is 6.10 Å². The van der Waals surface area contributed by atoms with Crippen molar-refractivity contribution in [2.24, 2.45) is 0 Å². The van der Waals surface area contributed by atoms with Crippen LogP contribution in [-0.4, -0.2) is 17.8 Å². The predicted octanol–water partition coefficient (Wildman–Crippen LogP) is 4.08. The standard InChI is InChI=1S/C17H22O2/c1-3-7-16(19-4-2)17(18)15-11-10-13-8-5-6-9-14(13)12-15/h5-6,8-12,16-18H,3-4,7H2,1-2H3. The minimum atomic E-state index is -0.551. The van der Waals surface area contributed by atoms with Crippen molar-refractivity contribution in [1.82, 2.24) is 0 Å². The van der Waals surface area contributed by atoms with E-state index in [9.17, 15) is 5.11 Å². The van der Waals surface area contributed by atoms with E-state index in [0.29, 0.717) is 6.61 Å². The minimum Gasteiger partial charge on any atom is -0.386 e. The second kappa shape index (κ2) is 6.69. The smallest absolute Gasteiger partial charge is 0.105 e. The van der Waals surface area contributed by atoms with E-state index in [0.717, 1.165) is 23.8 Å². The molecular formula is C17H22O2. The third-order valence-corrected chi connectivity index (χ3v) is 3.42. The molecule has 0 spiro atoms. The summed E-state index contributed by atoms with van der Waals surface area (Å²) in [5, 5.41) is 12.8. The Morgan fingerprint density at radius 3 is 2.47 bits per heavy atom. The number of benzene rings is 2. The van der Waals surface area contributed by atoms with Crippen LogP contribution in [0.2, 0.25) is 0 Å². The average Bonchev–Trinajstić information content (AvgIpc) is 2.46. The van der Waals surface area contributed by atoms with Gasteiger partial charge >= 0.3 is 0 Å². The summed E-state index contributed by atoms with van der Waals surface area (Å²) in [5.41, 5.74) is 0.936. The first-order chi connectivity index (χ1) is 9.26. The minimum absolute atomic E-state index is 0.115. The van der Waals surface area contributed by atoms with Gasteiger partial charge in [-0.2, -0.15) is 0 Å². The Bertz CT molecular complexity index is 515. The highest BCUT2D eigenvalue weighted by Gasteiger charge is 2.20. The van der Waals surface area contributed by atoms with Gasteiger partial charge in [0.15, 0.2) is 0 Å². The molecule has 0 saturated heterocycles. The van der Waals surface area contributed by atoms with Crippen LogP contribution in [0.15, 0.2) is 42.5 Å². The molecule has 19 heavy (non-hydrogen) atoms. The Morgan fingerprint density at radius 1 is 1.05 bits per heavy atom. The van der Waals surface area contributed by atoms with Crippen molar-refractivity contribution in [3.63, 3.8) is 0 Å². The molecule has 2 aromatic rings. The summed E-state index contributed by atoms with van der Waals surface area (Å²) in [7, 11) is 0. The molecule has 2 nitrogen and oxygen atoms in total. The normalized spacial score (nSPS) is 14.5. The van der Waals surface area contributed by atoms with Gasteiger partial charge in [-0.1, -0.05) is 49.7 Å². The zero-order chi connectivity index (χ0) is 13.7. The monoisotopic (exact) mass is 258 g/mol. The van der Waals surface area contributed by atoms with Crippen molar-refractivity contribution < 1.29 is 9.84 Å². The highest BCUT2D eigenvalue weighted by atomic mass is 16.5. The maximum atomic E-state index is 10.5. The largest absolute Gasteiger partial charge is 0.386 e. The summed E-state index contributed by atoms with van der Waals surface area (Å²) in [6.07, 6.45) is 1.22. The van der Waals surface area contributed by atoms with Crippen LogP contribution in [0.25, 0.3) is 10.8 Å². The van der Waals surface area contributed by atoms with Crippen LogP contribution in [0.5, 0.6) is 0 Å². The molecule has 2 rings (SSSR count). The Hall–Kier alpha value is -1.38. The molecule has 0 fully saturated rings. The highest BCUT2D eigenvalue weighted by Crippen LogP contribution is 2.26. The summed E-state index contributed by atoms with van der Waals surface area (Å²) < 4.78 is 5.66. The van der Waals surface area contributed by atoms with Crippen LogP contribution >= 0.6 is 0 Å². The van der Waals surface area contributed by atoms with E-state index in [-0.39, 0.29) is 6.10 Å². The number of fused-ring (bicyclic) bond motifs is 1. The lowest BCUT2D eigenvalue weighted by molar-refractivity contribution is -0.0384. The SMILES string of the molecule is CCCC(OCC)C(O)c1ccc2ccccc2c1. The van der Waals surface area contributed by atoms with Gasteiger partial charge in [-0.3, -0.25) is 0 Å². The summed E-state index contributed by atoms with van der Waals surface area (Å²) in [4.78, 5) is 0. The summed E-state index contributed by atoms with van der Waals surface area (Å²) in [6, 6.07) is 14.3. The van der Waals surface area contributed by atoms with Gasteiger partial charge in [-0.25, -0.2) is 0 Å². The lowest BCUT2D eigenvalue weighted by Crippen LogP contribution is -2.22. The number of aliphatic hydroxyl groups is 1. The molecule has 102 valence electrons. The molecule has 2 unspecified atom stereocenters. The van der Waals surface area contributed by atoms with E-state index in [1.165, 1.54) is 5.39 Å². The topological polar surface area (TPSA) is 29.5 Å². The maximum absolute atomic E-state index is 10.5. The van der Waals surface area contributed by atoms with E-state index in [4.69, 9.17) is 4.74 Å². The van der Waals surface area contributed by atoms with Crippen LogP contribution in [-0.2, 0) is 4.74 Å². The third kappa shape index (κ3) is 3.34. The number of aliphatic hydroxyl groups excluding tert-OH is 1. The third-order valence-electron chi connectivity index (χ3n) is 3.42. The molecule has 0 amide bonds. The Balaban J connectivity index is 2.26. The van der Waals surface area contributed by atoms with Gasteiger partial charge in [0, 0.05) is 6.61 Å². The fraction of sp³-hybridized carbons (Fsp3) is 0.412. The first-order valence-corrected chi connectivity index (χ1v) is 7.04. The average molecular weight is 258 g/mol. The molecule has 0 heterocycles. The van der Waals surface area contributed by atoms with E-state index >= 15 is 0 Å². The molecule has 0 saturated carbocycles. The second-order valence-electron chi connectivity index (χ2n) is 4.83. The molecule has 2 atom stereocenters. The van der Waals surface area contributed by atoms with E-state index in [1.807, 2.05) is 25.1 Å². The fourth-order valence-corrected chi connectivity index (χ4v) is 2.44. The van der Waals surface area contributed by atoms with Crippen molar-refractivity contribution >= 4 is 10.8 Å². The van der Waals surface area contributed by atoms with Gasteiger partial charge in [0.1, 0.15) is 6.10 Å². The lowest BCUT2D eigenvalue weighted by Gasteiger charge is -2.23. The summed E-state index contributed by atoms with van der Waals surface area (Å²) >= 11 is 0. The van der Waals surface area contributed by atoms with Gasteiger partial charge in [-0.05, 0) is 35.7 Å². The second-order valence-corrected chi connectivity index (χ2v) is 4.83. The first-order valence-electron chi connectivity index (χ1n) is 7.04. The van der Waals surface area contributed by atoms with Crippen LogP contribution in [0.4, 0.5) is 0 Å². The molecule has 0 bridgehead atoms. The van der Waals surface area contributed by atoms with Crippen molar-refractivity contribution in [2.45, 2.75) is 38.9 Å². The van der Waals surface area contributed by atoms with Crippen LogP contribution < -0.4 is 0 Å². The molecule has 2 aromatic carbocycles. The van der Waals surface area contributed by atoms with Gasteiger partial charge in [0.2, 0.25) is 0 Å². The predicted molar refractivity (Wildman–Crippen MR) is 79.2 cm³/mol. The van der Waals surface area contributed by atoms with Gasteiger partial charge in [-0.15, -0.1) is 0 Å². The zero-order valence-corrected chi connectivity index (χ0v) is 11.7. The fourth-order valence-electron chi connectivity index (χ4n) is 2.44. The van der Waals surface area contributed by atoms with Crippen LogP contribution in [0, 0.1) is 0 Å². The molecular weight excluding hydrogens is 236 g/mol. The first kappa shape index (κ1) is 14.0. The molecule has 0 aliphatic rings. The number of hydrogen-bond acceptors (Lipinski definition) is 2. The Kier molecular flexibility index (Phi) is 4.94. The zero-order valence-electron chi connectivity index (χ0n) is 11.7. The Morgan fingerprint density at radius 2 is 1.79 bits per heavy atom. The lowest BCUT2D eigenvalue weighted by atomic mass is 9.98. The van der Waals surface area contributed by atoms with Gasteiger partial charge in [0.05, 0.1) is 6.10 Å². The van der Waals surface area contributed by atoms with Crippen molar-refractivity contribution in [3.05, 3.63) is 48.0 Å². The number of rotatable bonds is 6. The molecule has 0 aliphatic carbocycles. The summed E-state index contributed by atoms with van der Waals surface area (Å²) in [6.45, 7) is 4.71. The highest BCUT2D eigenvalue weighted by molar-refractivity contribution is 5.83. The van der Waals surface area contributed by atoms with E-state index in [1.54, 1.807) is 0 Å². The van der Waals surface area contributed by atoms with Gasteiger partial charge in [0.25, 0.3) is 0 Å². The maximum Gasteiger partial charge on any atom is 0.105 e. The molecule has 0 aromatic heterocycles. The number of ether oxygens (including phenoxy) is 1. The van der Waals surface area contributed by atoms with Crippen molar-refractivity contribution in [2.75, 3.05) is 6.61 Å². The van der Waals surface area contributed by atoms with Crippen LogP contribution in [0.3, 0.4) is 0 Å². The Labute approximate surface area is 115 Å². The van der Waals surface area contributed by atoms with Crippen LogP contribution in [0.1, 0.15) is 38.4 Å². The van der Waals surface area contributed by atoms with Crippen molar-refractivity contribution in [3.8, 4) is 0 Å². The molecule has 2 heteroatoms. The van der Waals surface area contributed by atoms with Gasteiger partial charge < -0.3 is 9.84 Å². The summed E-state index contributed by atoms with van der Waals surface area (Å²) in [5.74, 6) is 0. The number of hydrogen-bond donors (Lipinski definition) is 1. The molecule has 1 N–H and O–H groups in total. The van der Waals surface area contributed by atoms with Crippen molar-refractivity contribution in [1.29, 1.82) is 0 Å². The molecule has 0 radical (unpaired) electrons. The quantitative estimate of drug-likeness (QED) is 0.846. The van der Waals surface area contributed by atoms with E-state index in [2.05, 4.69) is 31.2 Å². The molecule has 0 aliphatic heterocycles.